The monoisotopic (exact) mass is 157 g/mol. The number of hydrogen-bond acceptors (Lipinski definition) is 2. The molecule has 0 aromatic carbocycles. The molecule has 0 radical (unpaired) electrons. The molecule has 1 aliphatic rings. The van der Waals surface area contributed by atoms with Crippen molar-refractivity contribution in [2.75, 3.05) is 6.54 Å². The van der Waals surface area contributed by atoms with Gasteiger partial charge >= 0.3 is 5.97 Å². The number of carboxylic acids is 1. The van der Waals surface area contributed by atoms with Gasteiger partial charge in [-0.25, -0.2) is 0 Å². The van der Waals surface area contributed by atoms with Crippen molar-refractivity contribution in [2.45, 2.75) is 25.7 Å². The zero-order valence-electron chi connectivity index (χ0n) is 6.62. The second-order valence-electron chi connectivity index (χ2n) is 3.29. The van der Waals surface area contributed by atoms with E-state index in [1.54, 1.807) is 0 Å². The zero-order chi connectivity index (χ0) is 8.27. The van der Waals surface area contributed by atoms with Gasteiger partial charge in [-0.15, -0.1) is 0 Å². The molecule has 3 heteroatoms. The summed E-state index contributed by atoms with van der Waals surface area (Å²) in [6.45, 7) is 0.280. The molecule has 0 heterocycles. The fraction of sp³-hybridized carbons (Fsp3) is 0.875. The molecule has 11 heavy (non-hydrogen) atoms. The third-order valence-electron chi connectivity index (χ3n) is 2.25. The third-order valence-corrected chi connectivity index (χ3v) is 2.25. The van der Waals surface area contributed by atoms with Crippen LogP contribution in [0.15, 0.2) is 0 Å². The van der Waals surface area contributed by atoms with Gasteiger partial charge in [-0.05, 0) is 18.8 Å². The SMILES string of the molecule is NCC(CCC1CC1)C(=O)O. The van der Waals surface area contributed by atoms with Crippen LogP contribution < -0.4 is 5.73 Å². The Morgan fingerprint density at radius 1 is 1.64 bits per heavy atom. The van der Waals surface area contributed by atoms with Gasteiger partial charge < -0.3 is 10.8 Å². The predicted molar refractivity (Wildman–Crippen MR) is 42.1 cm³/mol. The number of hydrogen-bond donors (Lipinski definition) is 2. The lowest BCUT2D eigenvalue weighted by atomic mass is 10.0. The summed E-state index contributed by atoms with van der Waals surface area (Å²) in [6, 6.07) is 0. The maximum absolute atomic E-state index is 10.5. The average Bonchev–Trinajstić information content (AvgIpc) is 2.72. The summed E-state index contributed by atoms with van der Waals surface area (Å²) in [5.74, 6) is -0.243. The first-order chi connectivity index (χ1) is 5.24. The van der Waals surface area contributed by atoms with Crippen molar-refractivity contribution in [3.63, 3.8) is 0 Å². The topological polar surface area (TPSA) is 63.3 Å². The maximum Gasteiger partial charge on any atom is 0.307 e. The molecule has 1 fully saturated rings. The lowest BCUT2D eigenvalue weighted by Gasteiger charge is -2.07. The summed E-state index contributed by atoms with van der Waals surface area (Å²) in [5.41, 5.74) is 5.30. The van der Waals surface area contributed by atoms with Gasteiger partial charge in [-0.1, -0.05) is 12.8 Å². The van der Waals surface area contributed by atoms with Crippen molar-refractivity contribution in [3.05, 3.63) is 0 Å². The highest BCUT2D eigenvalue weighted by Gasteiger charge is 2.24. The molecule has 3 N–H and O–H groups in total. The van der Waals surface area contributed by atoms with E-state index in [1.807, 2.05) is 0 Å². The van der Waals surface area contributed by atoms with Gasteiger partial charge in [-0.3, -0.25) is 4.79 Å². The minimum absolute atomic E-state index is 0.280. The molecule has 0 saturated heterocycles. The zero-order valence-corrected chi connectivity index (χ0v) is 6.62. The van der Waals surface area contributed by atoms with Crippen LogP contribution in [0.2, 0.25) is 0 Å². The standard InChI is InChI=1S/C8H15NO2/c9-5-7(8(10)11)4-3-6-1-2-6/h6-7H,1-5,9H2,(H,10,11). The van der Waals surface area contributed by atoms with Crippen molar-refractivity contribution < 1.29 is 9.90 Å². The van der Waals surface area contributed by atoms with Gasteiger partial charge in [0.2, 0.25) is 0 Å². The smallest absolute Gasteiger partial charge is 0.307 e. The van der Waals surface area contributed by atoms with E-state index in [1.165, 1.54) is 12.8 Å². The number of aliphatic carboxylic acids is 1. The molecule has 0 bridgehead atoms. The highest BCUT2D eigenvalue weighted by Crippen LogP contribution is 2.34. The molecule has 0 spiro atoms. The van der Waals surface area contributed by atoms with Crippen LogP contribution in [0.5, 0.6) is 0 Å². The van der Waals surface area contributed by atoms with Gasteiger partial charge in [0, 0.05) is 6.54 Å². The van der Waals surface area contributed by atoms with Crippen LogP contribution in [0.1, 0.15) is 25.7 Å². The van der Waals surface area contributed by atoms with E-state index in [0.717, 1.165) is 18.8 Å². The fourth-order valence-electron chi connectivity index (χ4n) is 1.19. The molecular weight excluding hydrogens is 142 g/mol. The highest BCUT2D eigenvalue weighted by atomic mass is 16.4. The summed E-state index contributed by atoms with van der Waals surface area (Å²) in [6.07, 6.45) is 4.39. The normalized spacial score (nSPS) is 19.7. The second-order valence-corrected chi connectivity index (χ2v) is 3.29. The number of rotatable bonds is 5. The molecule has 1 saturated carbocycles. The first kappa shape index (κ1) is 8.53. The van der Waals surface area contributed by atoms with Crippen LogP contribution in [-0.4, -0.2) is 17.6 Å². The van der Waals surface area contributed by atoms with Crippen LogP contribution >= 0.6 is 0 Å². The highest BCUT2D eigenvalue weighted by molar-refractivity contribution is 5.70. The first-order valence-electron chi connectivity index (χ1n) is 4.17. The fourth-order valence-corrected chi connectivity index (χ4v) is 1.19. The summed E-state index contributed by atoms with van der Waals surface area (Å²) < 4.78 is 0. The molecule has 1 aliphatic carbocycles. The summed E-state index contributed by atoms with van der Waals surface area (Å²) >= 11 is 0. The van der Waals surface area contributed by atoms with Crippen LogP contribution in [0, 0.1) is 11.8 Å². The summed E-state index contributed by atoms with van der Waals surface area (Å²) in [5, 5.41) is 8.63. The molecule has 1 rings (SSSR count). The Morgan fingerprint density at radius 2 is 2.27 bits per heavy atom. The predicted octanol–water partition coefficient (Wildman–Crippen LogP) is 0.836. The van der Waals surface area contributed by atoms with Crippen molar-refractivity contribution in [2.24, 2.45) is 17.6 Å². The van der Waals surface area contributed by atoms with E-state index in [2.05, 4.69) is 0 Å². The summed E-state index contributed by atoms with van der Waals surface area (Å²) in [4.78, 5) is 10.5. The Morgan fingerprint density at radius 3 is 2.64 bits per heavy atom. The molecule has 0 aliphatic heterocycles. The number of nitrogens with two attached hydrogens (primary N) is 1. The van der Waals surface area contributed by atoms with Crippen molar-refractivity contribution >= 4 is 5.97 Å². The Labute approximate surface area is 66.6 Å². The first-order valence-corrected chi connectivity index (χ1v) is 4.17. The summed E-state index contributed by atoms with van der Waals surface area (Å²) in [7, 11) is 0. The van der Waals surface area contributed by atoms with E-state index in [-0.39, 0.29) is 12.5 Å². The molecule has 64 valence electrons. The molecule has 0 amide bonds. The third kappa shape index (κ3) is 2.89. The van der Waals surface area contributed by atoms with E-state index < -0.39 is 5.97 Å². The molecule has 1 unspecified atom stereocenters. The van der Waals surface area contributed by atoms with E-state index >= 15 is 0 Å². The van der Waals surface area contributed by atoms with Crippen molar-refractivity contribution in [3.8, 4) is 0 Å². The van der Waals surface area contributed by atoms with Crippen LogP contribution in [-0.2, 0) is 4.79 Å². The number of carbonyl (C=O) groups is 1. The largest absolute Gasteiger partial charge is 0.481 e. The van der Waals surface area contributed by atoms with E-state index in [0.29, 0.717) is 0 Å². The second kappa shape index (κ2) is 3.72. The Bertz CT molecular complexity index is 143. The van der Waals surface area contributed by atoms with Crippen LogP contribution in [0.3, 0.4) is 0 Å². The maximum atomic E-state index is 10.5. The number of carboxylic acid groups (broad SMARTS) is 1. The van der Waals surface area contributed by atoms with Crippen molar-refractivity contribution in [1.29, 1.82) is 0 Å². The molecule has 3 nitrogen and oxygen atoms in total. The van der Waals surface area contributed by atoms with Gasteiger partial charge in [0.1, 0.15) is 0 Å². The van der Waals surface area contributed by atoms with Gasteiger partial charge in [-0.2, -0.15) is 0 Å². The van der Waals surface area contributed by atoms with Gasteiger partial charge in [0.15, 0.2) is 0 Å². The lowest BCUT2D eigenvalue weighted by molar-refractivity contribution is -0.141. The molecule has 0 aromatic heterocycles. The minimum Gasteiger partial charge on any atom is -0.481 e. The molecular formula is C8H15NO2. The Kier molecular flexibility index (Phi) is 2.88. The van der Waals surface area contributed by atoms with E-state index in [9.17, 15) is 4.79 Å². The molecule has 1 atom stereocenters. The van der Waals surface area contributed by atoms with Crippen LogP contribution in [0.4, 0.5) is 0 Å². The minimum atomic E-state index is -0.742. The Balaban J connectivity index is 2.13. The van der Waals surface area contributed by atoms with Crippen LogP contribution in [0.25, 0.3) is 0 Å². The quantitative estimate of drug-likeness (QED) is 0.621. The average molecular weight is 157 g/mol. The van der Waals surface area contributed by atoms with Crippen molar-refractivity contribution in [1.82, 2.24) is 0 Å². The van der Waals surface area contributed by atoms with Gasteiger partial charge in [0.25, 0.3) is 0 Å². The Hall–Kier alpha value is -0.570. The van der Waals surface area contributed by atoms with Gasteiger partial charge in [0.05, 0.1) is 5.92 Å². The molecule has 0 aromatic rings. The van der Waals surface area contributed by atoms with E-state index in [4.69, 9.17) is 10.8 Å². The lowest BCUT2D eigenvalue weighted by Crippen LogP contribution is -2.23.